The Kier molecular flexibility index (Phi) is 9.27. The number of nitrogens with one attached hydrogen (secondary N) is 1. The summed E-state index contributed by atoms with van der Waals surface area (Å²) in [5.41, 5.74) is 4.05. The fraction of sp³-hybridized carbons (Fsp3) is 0.385. The Morgan fingerprint density at radius 2 is 1.73 bits per heavy atom. The first-order valence-corrected chi connectivity index (χ1v) is 17.1. The number of nitrogens with zero attached hydrogens (tertiary/aromatic N) is 2. The van der Waals surface area contributed by atoms with Gasteiger partial charge in [0.25, 0.3) is 5.91 Å². The molecule has 2 amide bonds. The Bertz CT molecular complexity index is 1740. The third kappa shape index (κ3) is 7.00. The van der Waals surface area contributed by atoms with E-state index in [-0.39, 0.29) is 48.5 Å². The molecule has 3 aliphatic rings. The highest BCUT2D eigenvalue weighted by atomic mass is 16.7. The van der Waals surface area contributed by atoms with Crippen LogP contribution in [-0.4, -0.2) is 46.2 Å². The number of amides is 2. The van der Waals surface area contributed by atoms with Crippen LogP contribution in [0, 0.1) is 17.3 Å². The lowest BCUT2D eigenvalue weighted by Gasteiger charge is -2.29. The van der Waals surface area contributed by atoms with Gasteiger partial charge in [-0.2, -0.15) is 10.5 Å². The molecule has 3 aromatic carbocycles. The summed E-state index contributed by atoms with van der Waals surface area (Å²) in [4.78, 5) is 54.4. The second-order valence-electron chi connectivity index (χ2n) is 13.3. The van der Waals surface area contributed by atoms with Gasteiger partial charge in [0.15, 0.2) is 17.1 Å². The second-order valence-corrected chi connectivity index (χ2v) is 13.3. The molecule has 5 atom stereocenters. The number of hydrogen-bond donors (Lipinski definition) is 1. The van der Waals surface area contributed by atoms with Crippen LogP contribution in [0.15, 0.2) is 101 Å². The van der Waals surface area contributed by atoms with Crippen molar-refractivity contribution in [2.45, 2.75) is 69.9 Å². The molecule has 1 saturated carbocycles. The van der Waals surface area contributed by atoms with Gasteiger partial charge in [-0.1, -0.05) is 85.7 Å². The molecule has 4 aromatic rings. The summed E-state index contributed by atoms with van der Waals surface area (Å²) < 4.78 is 12.1. The maximum absolute atomic E-state index is 14.5. The summed E-state index contributed by atoms with van der Waals surface area (Å²) >= 11 is 0. The number of allylic oxidation sites excluding steroid dienone is 2. The summed E-state index contributed by atoms with van der Waals surface area (Å²) in [6.07, 6.45) is 9.81. The van der Waals surface area contributed by atoms with Gasteiger partial charge < -0.3 is 18.9 Å². The van der Waals surface area contributed by atoms with Gasteiger partial charge in [-0.25, -0.2) is 0 Å². The Morgan fingerprint density at radius 1 is 0.958 bits per heavy atom. The number of ether oxygens (including phenoxy) is 1. The van der Waals surface area contributed by atoms with E-state index in [0.29, 0.717) is 36.1 Å². The molecule has 248 valence electrons. The molecule has 0 bridgehead atoms. The zero-order valence-corrected chi connectivity index (χ0v) is 27.0. The quantitative estimate of drug-likeness (QED) is 0.177. The molecule has 1 aromatic heterocycles. The lowest BCUT2D eigenvalue weighted by atomic mass is 9.90. The smallest absolute Gasteiger partial charge is 0.394 e. The van der Waals surface area contributed by atoms with Crippen LogP contribution in [0.3, 0.4) is 0 Å². The number of carbonyl (C=O) groups is 3. The van der Waals surface area contributed by atoms with E-state index >= 15 is 0 Å². The molecule has 1 saturated heterocycles. The van der Waals surface area contributed by atoms with Crippen molar-refractivity contribution in [1.82, 2.24) is 15.4 Å². The highest BCUT2D eigenvalue weighted by Crippen LogP contribution is 2.57. The maximum atomic E-state index is 14.5. The average molecular weight is 648 g/mol. The highest BCUT2D eigenvalue weighted by molar-refractivity contribution is 5.96. The molecule has 0 spiro atoms. The van der Waals surface area contributed by atoms with Gasteiger partial charge in [-0.15, -0.1) is 0 Å². The third-order valence-corrected chi connectivity index (χ3v) is 10.0. The largest absolute Gasteiger partial charge is 0.445 e. The number of hydroxylamine groups is 1. The normalized spacial score (nSPS) is 26.9. The van der Waals surface area contributed by atoms with Crippen molar-refractivity contribution in [1.29, 1.82) is 0 Å². The fourth-order valence-corrected chi connectivity index (χ4v) is 7.27. The average Bonchev–Trinajstić information content (AvgIpc) is 3.41. The lowest BCUT2D eigenvalue weighted by molar-refractivity contribution is -0.143. The number of ketones is 1. The van der Waals surface area contributed by atoms with Crippen LogP contribution in [-0.2, 0) is 20.8 Å². The van der Waals surface area contributed by atoms with Gasteiger partial charge in [-0.05, 0) is 67.9 Å². The zero-order valence-electron chi connectivity index (χ0n) is 27.0. The van der Waals surface area contributed by atoms with E-state index < -0.39 is 17.6 Å². The van der Waals surface area contributed by atoms with Crippen LogP contribution in [0.25, 0.3) is 11.1 Å². The number of Topliss-reactive ketones (excluding diaryl/α,β-unsaturated/α-hetero) is 1. The van der Waals surface area contributed by atoms with Crippen LogP contribution in [0.5, 0.6) is 11.8 Å². The molecule has 9 heteroatoms. The SMILES string of the molecule is O=C1C[C@]2(C(=O)NOc3ccccc3)C[C@H]2/C=C\CCCCC[C@H](Cc2ccccc2)C(=O)N2C[C@H](Oc3nc4ccccc4o3)C[C@@H]12. The monoisotopic (exact) mass is 647 g/mol. The molecular weight excluding hydrogens is 606 g/mol. The van der Waals surface area contributed by atoms with Crippen molar-refractivity contribution in [3.05, 3.63) is 103 Å². The topological polar surface area (TPSA) is 111 Å². The van der Waals surface area contributed by atoms with Gasteiger partial charge in [-0.3, -0.25) is 14.4 Å². The first-order chi connectivity index (χ1) is 23.5. The van der Waals surface area contributed by atoms with E-state index in [0.717, 1.165) is 37.7 Å². The minimum Gasteiger partial charge on any atom is -0.445 e. The van der Waals surface area contributed by atoms with E-state index in [2.05, 4.69) is 22.6 Å². The molecule has 2 fully saturated rings. The maximum Gasteiger partial charge on any atom is 0.394 e. The second kappa shape index (κ2) is 14.1. The molecule has 7 rings (SSSR count). The van der Waals surface area contributed by atoms with Gasteiger partial charge in [0.2, 0.25) is 5.91 Å². The number of carbonyl (C=O) groups excluding carboxylic acids is 3. The van der Waals surface area contributed by atoms with Crippen molar-refractivity contribution < 1.29 is 28.4 Å². The number of oxazole rings is 1. The number of benzene rings is 3. The Hall–Kier alpha value is -4.92. The first-order valence-electron chi connectivity index (χ1n) is 17.1. The van der Waals surface area contributed by atoms with Crippen molar-refractivity contribution in [3.63, 3.8) is 0 Å². The minimum absolute atomic E-state index is 0.000599. The molecule has 2 aliphatic heterocycles. The van der Waals surface area contributed by atoms with Gasteiger partial charge >= 0.3 is 6.08 Å². The summed E-state index contributed by atoms with van der Waals surface area (Å²) in [6, 6.07) is 25.8. The van der Waals surface area contributed by atoms with E-state index in [1.165, 1.54) is 0 Å². The number of rotatable bonds is 7. The molecule has 0 unspecified atom stereocenters. The summed E-state index contributed by atoms with van der Waals surface area (Å²) in [7, 11) is 0. The van der Waals surface area contributed by atoms with Crippen LogP contribution in [0.4, 0.5) is 0 Å². The predicted octanol–water partition coefficient (Wildman–Crippen LogP) is 6.63. The summed E-state index contributed by atoms with van der Waals surface area (Å²) in [5, 5.41) is 0. The van der Waals surface area contributed by atoms with Crippen molar-refractivity contribution in [3.8, 4) is 11.8 Å². The van der Waals surface area contributed by atoms with Crippen molar-refractivity contribution in [2.75, 3.05) is 6.54 Å². The molecule has 0 radical (unpaired) electrons. The molecule has 48 heavy (non-hydrogen) atoms. The minimum atomic E-state index is -0.945. The van der Waals surface area contributed by atoms with Crippen LogP contribution >= 0.6 is 0 Å². The Morgan fingerprint density at radius 3 is 2.54 bits per heavy atom. The van der Waals surface area contributed by atoms with E-state index in [1.54, 1.807) is 17.0 Å². The van der Waals surface area contributed by atoms with Crippen LogP contribution < -0.4 is 15.1 Å². The summed E-state index contributed by atoms with van der Waals surface area (Å²) in [5.74, 6) is -0.380. The zero-order chi connectivity index (χ0) is 32.9. The number of aromatic nitrogens is 1. The van der Waals surface area contributed by atoms with Gasteiger partial charge in [0, 0.05) is 18.8 Å². The fourth-order valence-electron chi connectivity index (χ4n) is 7.27. The number of hydrogen-bond acceptors (Lipinski definition) is 7. The molecule has 1 aliphatic carbocycles. The van der Waals surface area contributed by atoms with E-state index in [1.807, 2.05) is 72.8 Å². The Labute approximate surface area is 280 Å². The van der Waals surface area contributed by atoms with Crippen LogP contribution in [0.2, 0.25) is 0 Å². The van der Waals surface area contributed by atoms with Gasteiger partial charge in [0.05, 0.1) is 18.0 Å². The third-order valence-electron chi connectivity index (χ3n) is 10.0. The van der Waals surface area contributed by atoms with E-state index in [4.69, 9.17) is 14.0 Å². The van der Waals surface area contributed by atoms with Crippen molar-refractivity contribution >= 4 is 28.7 Å². The lowest BCUT2D eigenvalue weighted by Crippen LogP contribution is -2.46. The van der Waals surface area contributed by atoms with Crippen molar-refractivity contribution in [2.24, 2.45) is 17.3 Å². The molecular formula is C39H41N3O6. The van der Waals surface area contributed by atoms with Crippen LogP contribution in [0.1, 0.15) is 56.9 Å². The van der Waals surface area contributed by atoms with E-state index in [9.17, 15) is 14.4 Å². The Balaban J connectivity index is 1.16. The van der Waals surface area contributed by atoms with Gasteiger partial charge in [0.1, 0.15) is 11.6 Å². The standard InChI is InChI=1S/C39H41N3O6/c43-34-25-39(37(45)41-48-30-18-10-5-11-19-30)24-29(39)17-9-3-1-2-8-16-28(22-27-14-6-4-7-15-27)36(44)42-26-31(23-33(34)42)46-38-40-32-20-12-13-21-35(32)47-38/h4-7,9-15,17-21,28-29,31,33H,1-3,8,16,22-26H2,(H,41,45)/b17-9-/t28-,29-,31-,33+,39-/m1/s1. The highest BCUT2D eigenvalue weighted by Gasteiger charge is 2.61. The predicted molar refractivity (Wildman–Crippen MR) is 180 cm³/mol. The molecule has 3 heterocycles. The molecule has 9 nitrogen and oxygen atoms in total. The number of para-hydroxylation sites is 3. The summed E-state index contributed by atoms with van der Waals surface area (Å²) in [6.45, 7) is 0.235. The first kappa shape index (κ1) is 31.7. The molecule has 1 N–H and O–H groups in total. The number of fused-ring (bicyclic) bond motifs is 3.